The first-order valence-electron chi connectivity index (χ1n) is 15.8. The van der Waals surface area contributed by atoms with Gasteiger partial charge >= 0.3 is 12.1 Å². The molecule has 1 aliphatic rings. The number of carbonyl (C=O) groups excluding carboxylic acids is 2. The molecule has 0 radical (unpaired) electrons. The molecule has 12 heteroatoms. The van der Waals surface area contributed by atoms with Crippen molar-refractivity contribution in [3.8, 4) is 23.0 Å². The maximum atomic E-state index is 13.6. The summed E-state index contributed by atoms with van der Waals surface area (Å²) in [6, 6.07) is 19.1. The molecule has 0 atom stereocenters. The number of nitrogens with one attached hydrogen (secondary N) is 2. The lowest BCUT2D eigenvalue weighted by atomic mass is 10.1. The van der Waals surface area contributed by atoms with Crippen molar-refractivity contribution in [2.75, 3.05) is 50.7 Å². The molecule has 1 heterocycles. The molecule has 4 amide bonds. The van der Waals surface area contributed by atoms with Crippen molar-refractivity contribution in [1.82, 2.24) is 10.2 Å². The number of hydrogen-bond acceptors (Lipinski definition) is 7. The average molecular weight is 649 g/mol. The summed E-state index contributed by atoms with van der Waals surface area (Å²) in [7, 11) is 3.11. The summed E-state index contributed by atoms with van der Waals surface area (Å²) in [5, 5.41) is 14.9. The van der Waals surface area contributed by atoms with Crippen molar-refractivity contribution in [2.24, 2.45) is 0 Å². The van der Waals surface area contributed by atoms with E-state index in [9.17, 15) is 14.4 Å². The molecule has 3 N–H and O–H groups in total. The highest BCUT2D eigenvalue weighted by Gasteiger charge is 2.24. The fraction of sp³-hybridized carbons (Fsp3) is 0.400. The predicted octanol–water partition coefficient (Wildman–Crippen LogP) is 6.61. The van der Waals surface area contributed by atoms with Gasteiger partial charge in [0.25, 0.3) is 5.91 Å². The van der Waals surface area contributed by atoms with Gasteiger partial charge in [-0.1, -0.05) is 13.8 Å². The van der Waals surface area contributed by atoms with E-state index >= 15 is 0 Å². The van der Waals surface area contributed by atoms with Gasteiger partial charge < -0.3 is 44.5 Å². The van der Waals surface area contributed by atoms with Crippen molar-refractivity contribution < 1.29 is 38.4 Å². The molecule has 4 rings (SSSR count). The van der Waals surface area contributed by atoms with E-state index in [1.54, 1.807) is 78.7 Å². The first-order chi connectivity index (χ1) is 22.7. The molecule has 47 heavy (non-hydrogen) atoms. The number of amides is 4. The normalized spacial score (nSPS) is 13.2. The van der Waals surface area contributed by atoms with Crippen LogP contribution >= 0.6 is 0 Å². The Morgan fingerprint density at radius 2 is 1.57 bits per heavy atom. The lowest BCUT2D eigenvalue weighted by Gasteiger charge is -2.30. The van der Waals surface area contributed by atoms with Crippen LogP contribution in [0.1, 0.15) is 49.9 Å². The molecule has 1 aliphatic heterocycles. The smallest absolute Gasteiger partial charge is 0.407 e. The Bertz CT molecular complexity index is 1470. The van der Waals surface area contributed by atoms with Crippen LogP contribution in [-0.4, -0.2) is 80.6 Å². The zero-order valence-electron chi connectivity index (χ0n) is 27.4. The van der Waals surface area contributed by atoms with Gasteiger partial charge in [0.15, 0.2) is 11.5 Å². The predicted molar refractivity (Wildman–Crippen MR) is 179 cm³/mol. The molecule has 1 fully saturated rings. The van der Waals surface area contributed by atoms with Crippen LogP contribution in [0.3, 0.4) is 0 Å². The number of ether oxygens (including phenoxy) is 4. The number of carboxylic acid groups (broad SMARTS) is 1. The summed E-state index contributed by atoms with van der Waals surface area (Å²) < 4.78 is 22.9. The van der Waals surface area contributed by atoms with Gasteiger partial charge in [0.05, 0.1) is 13.7 Å². The Labute approximate surface area is 275 Å². The number of piperidine rings is 1. The molecule has 0 bridgehead atoms. The molecular weight excluding hydrogens is 604 g/mol. The summed E-state index contributed by atoms with van der Waals surface area (Å²) in [5.41, 5.74) is 1.72. The fourth-order valence-electron chi connectivity index (χ4n) is 5.22. The van der Waals surface area contributed by atoms with E-state index in [0.717, 1.165) is 12.8 Å². The molecule has 0 unspecified atom stereocenters. The van der Waals surface area contributed by atoms with Crippen LogP contribution in [0.25, 0.3) is 0 Å². The first kappa shape index (κ1) is 34.9. The topological polar surface area (TPSA) is 139 Å². The van der Waals surface area contributed by atoms with E-state index in [1.165, 1.54) is 12.0 Å². The number of rotatable bonds is 14. The molecule has 0 aromatic heterocycles. The summed E-state index contributed by atoms with van der Waals surface area (Å²) in [6.45, 7) is 5.60. The second kappa shape index (κ2) is 17.1. The number of methoxy groups -OCH3 is 2. The van der Waals surface area contributed by atoms with Crippen LogP contribution in [0.5, 0.6) is 23.0 Å². The molecule has 1 saturated heterocycles. The minimum Gasteiger partial charge on any atom is -0.493 e. The fourth-order valence-corrected chi connectivity index (χ4v) is 5.22. The highest BCUT2D eigenvalue weighted by Crippen LogP contribution is 2.35. The number of benzene rings is 3. The van der Waals surface area contributed by atoms with Gasteiger partial charge in [-0.15, -0.1) is 0 Å². The zero-order chi connectivity index (χ0) is 33.8. The van der Waals surface area contributed by atoms with Crippen molar-refractivity contribution in [3.05, 3.63) is 72.3 Å². The monoisotopic (exact) mass is 648 g/mol. The van der Waals surface area contributed by atoms with Gasteiger partial charge in [-0.25, -0.2) is 9.59 Å². The lowest BCUT2D eigenvalue weighted by Crippen LogP contribution is -2.41. The summed E-state index contributed by atoms with van der Waals surface area (Å²) in [4.78, 5) is 40.1. The highest BCUT2D eigenvalue weighted by molar-refractivity contribution is 6.06. The van der Waals surface area contributed by atoms with Gasteiger partial charge in [0.1, 0.15) is 17.6 Å². The van der Waals surface area contributed by atoms with Crippen molar-refractivity contribution in [2.45, 2.75) is 51.7 Å². The van der Waals surface area contributed by atoms with Gasteiger partial charge in [-0.2, -0.15) is 0 Å². The summed E-state index contributed by atoms with van der Waals surface area (Å²) in [6.07, 6.45) is 1.93. The van der Waals surface area contributed by atoms with E-state index in [1.807, 2.05) is 13.8 Å². The molecule has 3 aromatic rings. The Hall–Kier alpha value is -4.97. The van der Waals surface area contributed by atoms with E-state index in [2.05, 4.69) is 10.6 Å². The number of urea groups is 1. The molecule has 12 nitrogen and oxygen atoms in total. The second-order valence-corrected chi connectivity index (χ2v) is 11.1. The third kappa shape index (κ3) is 9.76. The van der Waals surface area contributed by atoms with Crippen molar-refractivity contribution >= 4 is 29.4 Å². The summed E-state index contributed by atoms with van der Waals surface area (Å²) >= 11 is 0. The van der Waals surface area contributed by atoms with E-state index in [-0.39, 0.29) is 24.1 Å². The van der Waals surface area contributed by atoms with E-state index in [4.69, 9.17) is 24.1 Å². The van der Waals surface area contributed by atoms with Crippen molar-refractivity contribution in [3.63, 3.8) is 0 Å². The molecule has 0 aliphatic carbocycles. The summed E-state index contributed by atoms with van der Waals surface area (Å²) in [5.74, 6) is 1.88. The molecule has 0 saturated carbocycles. The third-order valence-corrected chi connectivity index (χ3v) is 8.00. The number of nitrogens with zero attached hydrogens (tertiary/aromatic N) is 2. The van der Waals surface area contributed by atoms with Gasteiger partial charge in [-0.05, 0) is 73.5 Å². The Kier molecular flexibility index (Phi) is 12.7. The minimum atomic E-state index is -0.912. The third-order valence-electron chi connectivity index (χ3n) is 8.00. The van der Waals surface area contributed by atoms with Crippen LogP contribution in [0.4, 0.5) is 21.0 Å². The number of hydrogen-bond donors (Lipinski definition) is 3. The Morgan fingerprint density at radius 1 is 0.915 bits per heavy atom. The zero-order valence-corrected chi connectivity index (χ0v) is 27.4. The molecular formula is C35H44N4O8. The van der Waals surface area contributed by atoms with Crippen molar-refractivity contribution in [1.29, 1.82) is 0 Å². The van der Waals surface area contributed by atoms with Crippen LogP contribution in [-0.2, 0) is 4.74 Å². The molecule has 252 valence electrons. The standard InChI is InChI=1S/C35H44N4O8/c1-5-25(6-2)36-34(41)37-26-9-16-31(32(23-26)45-4)47-29-14-10-27(11-15-29)39(21-22-44-3)33(40)24-7-12-28(13-8-24)46-30-17-19-38(20-18-30)35(42)43/h7-16,23,25,30H,5-6,17-22H2,1-4H3,(H,42,43)(H2,36,37,41). The van der Waals surface area contributed by atoms with Gasteiger partial charge in [0.2, 0.25) is 0 Å². The Balaban J connectivity index is 1.40. The maximum Gasteiger partial charge on any atom is 0.407 e. The number of carbonyl (C=O) groups is 3. The minimum absolute atomic E-state index is 0.0774. The van der Waals surface area contributed by atoms with Crippen LogP contribution < -0.4 is 29.7 Å². The number of likely N-dealkylation sites (tertiary alicyclic amines) is 1. The molecule has 3 aromatic carbocycles. The maximum absolute atomic E-state index is 13.6. The number of anilines is 2. The largest absolute Gasteiger partial charge is 0.493 e. The molecule has 0 spiro atoms. The SMILES string of the molecule is CCC(CC)NC(=O)Nc1ccc(Oc2ccc(N(CCOC)C(=O)c3ccc(OC4CCN(C(=O)O)CC4)cc3)cc2)c(OC)c1. The van der Waals surface area contributed by atoms with Crippen LogP contribution in [0, 0.1) is 0 Å². The lowest BCUT2D eigenvalue weighted by molar-refractivity contribution is 0.0894. The van der Waals surface area contributed by atoms with Gasteiger partial charge in [0, 0.05) is 68.6 Å². The van der Waals surface area contributed by atoms with Crippen LogP contribution in [0.15, 0.2) is 66.7 Å². The second-order valence-electron chi connectivity index (χ2n) is 11.1. The van der Waals surface area contributed by atoms with Crippen LogP contribution in [0.2, 0.25) is 0 Å². The van der Waals surface area contributed by atoms with E-state index in [0.29, 0.717) is 79.0 Å². The van der Waals surface area contributed by atoms with E-state index < -0.39 is 6.09 Å². The quantitative estimate of drug-likeness (QED) is 0.178. The Morgan fingerprint density at radius 3 is 2.17 bits per heavy atom. The average Bonchev–Trinajstić information content (AvgIpc) is 3.09. The van der Waals surface area contributed by atoms with Gasteiger partial charge in [-0.3, -0.25) is 4.79 Å². The first-order valence-corrected chi connectivity index (χ1v) is 15.8. The highest BCUT2D eigenvalue weighted by atomic mass is 16.5.